The largest absolute Gasteiger partial charge is 0.392 e. The predicted octanol–water partition coefficient (Wildman–Crippen LogP) is 5.18. The summed E-state index contributed by atoms with van der Waals surface area (Å²) in [6.45, 7) is 17.7. The number of benzene rings is 1. The van der Waals surface area contributed by atoms with Gasteiger partial charge in [-0.1, -0.05) is 63.4 Å². The Bertz CT molecular complexity index is 1270. The van der Waals surface area contributed by atoms with Crippen LogP contribution in [0.5, 0.6) is 0 Å². The van der Waals surface area contributed by atoms with Gasteiger partial charge in [0.2, 0.25) is 0 Å². The summed E-state index contributed by atoms with van der Waals surface area (Å²) in [5, 5.41) is 10.3. The minimum absolute atomic E-state index is 0.00453. The van der Waals surface area contributed by atoms with Crippen LogP contribution in [0, 0.1) is 17.8 Å². The summed E-state index contributed by atoms with van der Waals surface area (Å²) < 4.78 is 51.9. The Morgan fingerprint density at radius 3 is 2.53 bits per heavy atom. The molecule has 0 amide bonds. The van der Waals surface area contributed by atoms with E-state index in [0.717, 1.165) is 36.8 Å². The van der Waals surface area contributed by atoms with Crippen LogP contribution in [0.25, 0.3) is 0 Å². The first-order valence-corrected chi connectivity index (χ1v) is 18.0. The highest BCUT2D eigenvalue weighted by Gasteiger charge is 2.46. The van der Waals surface area contributed by atoms with Crippen LogP contribution in [0.15, 0.2) is 84.3 Å². The van der Waals surface area contributed by atoms with Gasteiger partial charge in [0.25, 0.3) is 0 Å². The van der Waals surface area contributed by atoms with Gasteiger partial charge in [-0.3, -0.25) is 0 Å². The second kappa shape index (κ2) is 16.6. The molecule has 0 aliphatic carbocycles. The Kier molecular flexibility index (Phi) is 13.2. The van der Waals surface area contributed by atoms with Crippen molar-refractivity contribution in [3.63, 3.8) is 0 Å². The number of hydrogen-bond acceptors (Lipinski definition) is 8. The third kappa shape index (κ3) is 9.70. The number of rotatable bonds is 16. The van der Waals surface area contributed by atoms with Gasteiger partial charge in [0, 0.05) is 31.7 Å². The fourth-order valence-electron chi connectivity index (χ4n) is 6.90. The molecule has 10 atom stereocenters. The zero-order chi connectivity index (χ0) is 32.6. The highest BCUT2D eigenvalue weighted by Crippen LogP contribution is 2.42. The molecule has 1 aromatic rings. The van der Waals surface area contributed by atoms with Crippen molar-refractivity contribution in [2.24, 2.45) is 23.5 Å². The lowest BCUT2D eigenvalue weighted by atomic mass is 9.82. The normalized spacial score (nSPS) is 33.2. The molecule has 8 nitrogen and oxygen atoms in total. The van der Waals surface area contributed by atoms with Gasteiger partial charge in [-0.15, -0.1) is 6.58 Å². The van der Waals surface area contributed by atoms with Crippen molar-refractivity contribution >= 4 is 9.84 Å². The molecule has 3 N–H and O–H groups in total. The standard InChI is InChI=1S/C36H53NO7S/c1-6-16-41-17-10-11-29-19-25(3)33(42-29)15-14-30-18-24(2)26(4)35(43-30)21-36-32(27(5)34(44-36)20-28(38)22-37)23-45(39,40)31-12-8-7-9-13-31/h6-13,24,27-30,32-36,38H,1,3-4,14-23,37H2,2,5H3/b11-10+/t24-,27-,28+,29+,30+,32-,33?,34-,35?,36+/m1/s1. The maximum Gasteiger partial charge on any atom is 0.178 e. The summed E-state index contributed by atoms with van der Waals surface area (Å²) in [6, 6.07) is 8.56. The van der Waals surface area contributed by atoms with Crippen LogP contribution in [-0.2, 0) is 28.8 Å². The van der Waals surface area contributed by atoms with Gasteiger partial charge >= 0.3 is 0 Å². The molecule has 0 saturated carbocycles. The first-order chi connectivity index (χ1) is 21.5. The molecule has 0 bridgehead atoms. The highest BCUT2D eigenvalue weighted by atomic mass is 32.2. The third-order valence-corrected chi connectivity index (χ3v) is 11.5. The number of hydrogen-bond donors (Lipinski definition) is 2. The molecule has 3 saturated heterocycles. The van der Waals surface area contributed by atoms with Gasteiger partial charge in [0.15, 0.2) is 9.84 Å². The lowest BCUT2D eigenvalue weighted by Gasteiger charge is -2.38. The molecular formula is C36H53NO7S. The van der Waals surface area contributed by atoms with Gasteiger partial charge < -0.3 is 29.8 Å². The van der Waals surface area contributed by atoms with Crippen LogP contribution in [0.1, 0.15) is 52.4 Å². The average Bonchev–Trinajstić information content (AvgIpc) is 3.51. The van der Waals surface area contributed by atoms with E-state index >= 15 is 0 Å². The molecule has 0 radical (unpaired) electrons. The van der Waals surface area contributed by atoms with Gasteiger partial charge in [0.1, 0.15) is 0 Å². The summed E-state index contributed by atoms with van der Waals surface area (Å²) in [5.41, 5.74) is 7.83. The van der Waals surface area contributed by atoms with Crippen LogP contribution < -0.4 is 5.73 Å². The Labute approximate surface area is 270 Å². The minimum Gasteiger partial charge on any atom is -0.392 e. The van der Waals surface area contributed by atoms with Crippen LogP contribution >= 0.6 is 0 Å². The third-order valence-electron chi connectivity index (χ3n) is 9.65. The maximum atomic E-state index is 13.5. The predicted molar refractivity (Wildman–Crippen MR) is 177 cm³/mol. The van der Waals surface area contributed by atoms with E-state index < -0.39 is 15.9 Å². The van der Waals surface area contributed by atoms with E-state index in [-0.39, 0.29) is 66.7 Å². The van der Waals surface area contributed by atoms with E-state index in [0.29, 0.717) is 31.0 Å². The van der Waals surface area contributed by atoms with Crippen molar-refractivity contribution in [2.45, 2.75) is 100.0 Å². The molecule has 2 unspecified atom stereocenters. The smallest absolute Gasteiger partial charge is 0.178 e. The first-order valence-electron chi connectivity index (χ1n) is 16.4. The monoisotopic (exact) mass is 643 g/mol. The zero-order valence-electron chi connectivity index (χ0n) is 27.0. The van der Waals surface area contributed by atoms with Crippen LogP contribution in [-0.4, -0.2) is 81.8 Å². The molecule has 1 aromatic carbocycles. The molecule has 45 heavy (non-hydrogen) atoms. The average molecular weight is 644 g/mol. The molecule has 3 aliphatic rings. The van der Waals surface area contributed by atoms with Crippen molar-refractivity contribution in [3.05, 3.63) is 79.4 Å². The topological polar surface area (TPSA) is 117 Å². The minimum atomic E-state index is -3.55. The SMILES string of the molecule is C=CCOC/C=C/[C@H]1CC(=C)C(CC[C@H]2C[C@@H](C)C(=C)C(C[C@@H]3O[C@H](C[C@H](O)CN)[C@H](C)[C@H]3CS(=O)(=O)c3ccccc3)O2)O1. The number of aliphatic hydroxyl groups is 1. The van der Waals surface area contributed by atoms with E-state index in [1.807, 2.05) is 25.1 Å². The van der Waals surface area contributed by atoms with Crippen LogP contribution in [0.2, 0.25) is 0 Å². The number of nitrogens with two attached hydrogens (primary N) is 1. The molecule has 0 aromatic heterocycles. The summed E-state index contributed by atoms with van der Waals surface area (Å²) in [7, 11) is -3.55. The zero-order valence-corrected chi connectivity index (χ0v) is 27.8. The maximum absolute atomic E-state index is 13.5. The Balaban J connectivity index is 1.40. The van der Waals surface area contributed by atoms with Crippen molar-refractivity contribution in [1.82, 2.24) is 0 Å². The van der Waals surface area contributed by atoms with E-state index in [9.17, 15) is 13.5 Å². The fourth-order valence-corrected chi connectivity index (χ4v) is 8.69. The van der Waals surface area contributed by atoms with Crippen LogP contribution in [0.4, 0.5) is 0 Å². The van der Waals surface area contributed by atoms with Crippen molar-refractivity contribution in [1.29, 1.82) is 0 Å². The molecule has 3 aliphatic heterocycles. The van der Waals surface area contributed by atoms with E-state index in [1.165, 1.54) is 0 Å². The van der Waals surface area contributed by atoms with Gasteiger partial charge in [-0.2, -0.15) is 0 Å². The van der Waals surface area contributed by atoms with Crippen molar-refractivity contribution in [2.75, 3.05) is 25.5 Å². The Morgan fingerprint density at radius 2 is 1.82 bits per heavy atom. The first kappa shape index (κ1) is 35.7. The number of ether oxygens (including phenoxy) is 4. The fraction of sp³-hybridized carbons (Fsp3) is 0.611. The quantitative estimate of drug-likeness (QED) is 0.187. The van der Waals surface area contributed by atoms with E-state index in [4.69, 9.17) is 24.7 Å². The molecule has 0 spiro atoms. The molecule has 4 rings (SSSR count). The summed E-state index contributed by atoms with van der Waals surface area (Å²) >= 11 is 0. The van der Waals surface area contributed by atoms with Gasteiger partial charge in [-0.05, 0) is 54.4 Å². The molecular weight excluding hydrogens is 590 g/mol. The molecule has 3 fully saturated rings. The number of aliphatic hydroxyl groups excluding tert-OH is 1. The Hall–Kier alpha value is -2.11. The molecule has 9 heteroatoms. The lowest BCUT2D eigenvalue weighted by molar-refractivity contribution is -0.0745. The summed E-state index contributed by atoms with van der Waals surface area (Å²) in [5.74, 6) is -0.124. The second-order valence-electron chi connectivity index (χ2n) is 13.0. The highest BCUT2D eigenvalue weighted by molar-refractivity contribution is 7.91. The number of sulfone groups is 1. The molecule has 3 heterocycles. The summed E-state index contributed by atoms with van der Waals surface area (Å²) in [6.07, 6.45) is 8.36. The second-order valence-corrected chi connectivity index (χ2v) is 15.0. The van der Waals surface area contributed by atoms with Crippen LogP contribution in [0.3, 0.4) is 0 Å². The Morgan fingerprint density at radius 1 is 1.07 bits per heavy atom. The van der Waals surface area contributed by atoms with Gasteiger partial charge in [-0.25, -0.2) is 8.42 Å². The van der Waals surface area contributed by atoms with E-state index in [2.05, 4.69) is 26.7 Å². The lowest BCUT2D eigenvalue weighted by Crippen LogP contribution is -2.38. The van der Waals surface area contributed by atoms with Crippen molar-refractivity contribution < 1.29 is 32.5 Å². The summed E-state index contributed by atoms with van der Waals surface area (Å²) in [4.78, 5) is 0.308. The van der Waals surface area contributed by atoms with Gasteiger partial charge in [0.05, 0.1) is 66.6 Å². The van der Waals surface area contributed by atoms with E-state index in [1.54, 1.807) is 30.3 Å². The molecule has 250 valence electrons. The van der Waals surface area contributed by atoms with Crippen molar-refractivity contribution in [3.8, 4) is 0 Å².